The van der Waals surface area contributed by atoms with Crippen LogP contribution in [0, 0.1) is 0 Å². The molecule has 156 valence electrons. The van der Waals surface area contributed by atoms with E-state index in [2.05, 4.69) is 22.2 Å². The average molecular weight is 416 g/mol. The van der Waals surface area contributed by atoms with Gasteiger partial charge in [-0.15, -0.1) is 0 Å². The summed E-state index contributed by atoms with van der Waals surface area (Å²) in [6.45, 7) is 4.62. The minimum absolute atomic E-state index is 0.174. The number of hydrogen-bond donors (Lipinski definition) is 2. The van der Waals surface area contributed by atoms with Crippen LogP contribution in [0.5, 0.6) is 0 Å². The minimum Gasteiger partial charge on any atom is -0.366 e. The van der Waals surface area contributed by atoms with E-state index in [0.29, 0.717) is 24.6 Å². The van der Waals surface area contributed by atoms with Gasteiger partial charge in [-0.25, -0.2) is 4.79 Å². The first-order valence-electron chi connectivity index (χ1n) is 10.0. The number of urea groups is 1. The van der Waals surface area contributed by atoms with Gasteiger partial charge in [0.05, 0.1) is 11.3 Å². The molecular formula is C21H29N5O2S. The SMILES string of the molecule is C[C@H](CCc1ncccc1C(N)=O)N1CCC(N(Cc2ccsc2)C(N)=O)CC1. The molecule has 0 spiro atoms. The van der Waals surface area contributed by atoms with Gasteiger partial charge in [0, 0.05) is 37.9 Å². The van der Waals surface area contributed by atoms with Crippen molar-refractivity contribution < 1.29 is 9.59 Å². The Morgan fingerprint density at radius 3 is 2.69 bits per heavy atom. The molecule has 1 atom stereocenters. The lowest BCUT2D eigenvalue weighted by Gasteiger charge is -2.40. The number of nitrogens with two attached hydrogens (primary N) is 2. The third kappa shape index (κ3) is 5.55. The largest absolute Gasteiger partial charge is 0.366 e. The third-order valence-electron chi connectivity index (χ3n) is 5.73. The maximum absolute atomic E-state index is 12.0. The Morgan fingerprint density at radius 1 is 1.31 bits per heavy atom. The number of aromatic nitrogens is 1. The highest BCUT2D eigenvalue weighted by atomic mass is 32.1. The zero-order chi connectivity index (χ0) is 20.8. The molecule has 2 aromatic rings. The number of pyridine rings is 1. The van der Waals surface area contributed by atoms with Crippen LogP contribution in [-0.2, 0) is 13.0 Å². The molecule has 4 N–H and O–H groups in total. The first-order chi connectivity index (χ1) is 14.0. The molecule has 8 heteroatoms. The molecule has 0 radical (unpaired) electrons. The summed E-state index contributed by atoms with van der Waals surface area (Å²) in [5, 5.41) is 4.08. The summed E-state index contributed by atoms with van der Waals surface area (Å²) in [6, 6.07) is 5.68. The smallest absolute Gasteiger partial charge is 0.315 e. The first-order valence-corrected chi connectivity index (χ1v) is 10.9. The number of thiophene rings is 1. The van der Waals surface area contributed by atoms with Gasteiger partial charge >= 0.3 is 6.03 Å². The number of nitrogens with zero attached hydrogens (tertiary/aromatic N) is 3. The van der Waals surface area contributed by atoms with Crippen molar-refractivity contribution in [2.24, 2.45) is 11.5 Å². The molecule has 1 fully saturated rings. The number of piperidine rings is 1. The number of hydrogen-bond acceptors (Lipinski definition) is 5. The maximum atomic E-state index is 12.0. The molecule has 3 rings (SSSR count). The first kappa shape index (κ1) is 21.3. The fourth-order valence-electron chi connectivity index (χ4n) is 3.99. The fraction of sp³-hybridized carbons (Fsp3) is 0.476. The topological polar surface area (TPSA) is 106 Å². The molecule has 2 aromatic heterocycles. The van der Waals surface area contributed by atoms with Crippen LogP contribution in [-0.4, -0.2) is 51.9 Å². The zero-order valence-electron chi connectivity index (χ0n) is 16.8. The lowest BCUT2D eigenvalue weighted by molar-refractivity contribution is 0.0970. The molecule has 1 aliphatic heterocycles. The van der Waals surface area contributed by atoms with Gasteiger partial charge in [-0.05, 0) is 67.1 Å². The summed E-state index contributed by atoms with van der Waals surface area (Å²) in [6.07, 6.45) is 5.13. The van der Waals surface area contributed by atoms with Gasteiger partial charge in [-0.1, -0.05) is 0 Å². The normalized spacial score (nSPS) is 16.4. The number of carbonyl (C=O) groups excluding carboxylic acids is 2. The van der Waals surface area contributed by atoms with Crippen LogP contribution in [0.3, 0.4) is 0 Å². The van der Waals surface area contributed by atoms with Crippen LogP contribution >= 0.6 is 11.3 Å². The highest BCUT2D eigenvalue weighted by Gasteiger charge is 2.28. The van der Waals surface area contributed by atoms with Crippen molar-refractivity contribution in [3.05, 3.63) is 52.0 Å². The van der Waals surface area contributed by atoms with E-state index in [1.54, 1.807) is 34.6 Å². The molecule has 0 aliphatic carbocycles. The summed E-state index contributed by atoms with van der Waals surface area (Å²) in [5.41, 5.74) is 13.5. The molecule has 29 heavy (non-hydrogen) atoms. The fourth-order valence-corrected chi connectivity index (χ4v) is 4.65. The number of rotatable bonds is 8. The molecule has 3 heterocycles. The Hall–Kier alpha value is -2.45. The number of amides is 3. The van der Waals surface area contributed by atoms with Crippen molar-refractivity contribution in [3.63, 3.8) is 0 Å². The predicted molar refractivity (Wildman–Crippen MR) is 115 cm³/mol. The van der Waals surface area contributed by atoms with E-state index in [4.69, 9.17) is 11.5 Å². The van der Waals surface area contributed by atoms with Gasteiger partial charge in [0.25, 0.3) is 5.91 Å². The molecule has 3 amide bonds. The van der Waals surface area contributed by atoms with E-state index in [-0.39, 0.29) is 12.1 Å². The number of likely N-dealkylation sites (tertiary alicyclic amines) is 1. The van der Waals surface area contributed by atoms with Gasteiger partial charge in [-0.3, -0.25) is 9.78 Å². The summed E-state index contributed by atoms with van der Waals surface area (Å²) in [5.74, 6) is -0.432. The minimum atomic E-state index is -0.432. The number of primary amides is 2. The second-order valence-electron chi connectivity index (χ2n) is 7.61. The van der Waals surface area contributed by atoms with Crippen LogP contribution < -0.4 is 11.5 Å². The Balaban J connectivity index is 1.52. The highest BCUT2D eigenvalue weighted by molar-refractivity contribution is 7.07. The van der Waals surface area contributed by atoms with Crippen LogP contribution in [0.2, 0.25) is 0 Å². The van der Waals surface area contributed by atoms with Gasteiger partial charge in [0.2, 0.25) is 0 Å². The lowest BCUT2D eigenvalue weighted by Crippen LogP contribution is -2.50. The number of aryl methyl sites for hydroxylation is 1. The van der Waals surface area contributed by atoms with Gasteiger partial charge in [0.15, 0.2) is 0 Å². The van der Waals surface area contributed by atoms with Crippen LogP contribution in [0.25, 0.3) is 0 Å². The zero-order valence-corrected chi connectivity index (χ0v) is 17.6. The molecular weight excluding hydrogens is 386 g/mol. The van der Waals surface area contributed by atoms with Crippen LogP contribution in [0.15, 0.2) is 35.2 Å². The van der Waals surface area contributed by atoms with E-state index >= 15 is 0 Å². The van der Waals surface area contributed by atoms with E-state index in [0.717, 1.165) is 43.6 Å². The van der Waals surface area contributed by atoms with Gasteiger partial charge in [0.1, 0.15) is 0 Å². The van der Waals surface area contributed by atoms with Gasteiger partial charge in [-0.2, -0.15) is 11.3 Å². The third-order valence-corrected chi connectivity index (χ3v) is 6.47. The summed E-state index contributed by atoms with van der Waals surface area (Å²) < 4.78 is 0. The molecule has 7 nitrogen and oxygen atoms in total. The molecule has 0 aromatic carbocycles. The Kier molecular flexibility index (Phi) is 7.22. The van der Waals surface area contributed by atoms with Crippen molar-refractivity contribution in [2.45, 2.75) is 51.2 Å². The summed E-state index contributed by atoms with van der Waals surface area (Å²) in [4.78, 5) is 32.1. The van der Waals surface area contributed by atoms with Crippen molar-refractivity contribution in [1.29, 1.82) is 0 Å². The van der Waals surface area contributed by atoms with Crippen molar-refractivity contribution in [3.8, 4) is 0 Å². The molecule has 0 bridgehead atoms. The quantitative estimate of drug-likeness (QED) is 0.691. The van der Waals surface area contributed by atoms with Crippen molar-refractivity contribution >= 4 is 23.3 Å². The van der Waals surface area contributed by atoms with Crippen molar-refractivity contribution in [2.75, 3.05) is 13.1 Å². The second kappa shape index (κ2) is 9.84. The Morgan fingerprint density at radius 2 is 2.07 bits per heavy atom. The van der Waals surface area contributed by atoms with E-state index in [9.17, 15) is 9.59 Å². The molecule has 0 saturated carbocycles. The van der Waals surface area contributed by atoms with Gasteiger partial charge < -0.3 is 21.3 Å². The maximum Gasteiger partial charge on any atom is 0.315 e. The average Bonchev–Trinajstić information content (AvgIpc) is 3.23. The van der Waals surface area contributed by atoms with E-state index in [1.165, 1.54) is 0 Å². The molecule has 0 unspecified atom stereocenters. The Labute approximate surface area is 175 Å². The highest BCUT2D eigenvalue weighted by Crippen LogP contribution is 2.22. The predicted octanol–water partition coefficient (Wildman–Crippen LogP) is 2.61. The standard InChI is InChI=1S/C21H29N5O2S/c1-15(4-5-19-18(20(22)27)3-2-9-24-19)25-10-6-17(7-11-25)26(21(23)28)13-16-8-12-29-14-16/h2-3,8-9,12,14-15,17H,4-7,10-11,13H2,1H3,(H2,22,27)(H2,23,28)/t15-/m1/s1. The van der Waals surface area contributed by atoms with Crippen LogP contribution in [0.4, 0.5) is 4.79 Å². The monoisotopic (exact) mass is 415 g/mol. The van der Waals surface area contributed by atoms with Crippen molar-refractivity contribution in [1.82, 2.24) is 14.8 Å². The second-order valence-corrected chi connectivity index (χ2v) is 8.39. The van der Waals surface area contributed by atoms with Crippen LogP contribution in [0.1, 0.15) is 47.8 Å². The summed E-state index contributed by atoms with van der Waals surface area (Å²) in [7, 11) is 0. The van der Waals surface area contributed by atoms with E-state index < -0.39 is 5.91 Å². The Bertz CT molecular complexity index is 818. The van der Waals surface area contributed by atoms with E-state index in [1.807, 2.05) is 11.4 Å². The number of carbonyl (C=O) groups is 2. The lowest BCUT2D eigenvalue weighted by atomic mass is 9.99. The summed E-state index contributed by atoms with van der Waals surface area (Å²) >= 11 is 1.63. The molecule has 1 aliphatic rings. The molecule has 1 saturated heterocycles.